The predicted molar refractivity (Wildman–Crippen MR) is 56.8 cm³/mol. The van der Waals surface area contributed by atoms with Crippen molar-refractivity contribution in [1.29, 1.82) is 0 Å². The number of nitrogens with zero attached hydrogens (tertiary/aromatic N) is 1. The van der Waals surface area contributed by atoms with Gasteiger partial charge in [0.2, 0.25) is 0 Å². The molecule has 0 saturated carbocycles. The van der Waals surface area contributed by atoms with Gasteiger partial charge in [-0.2, -0.15) is 13.2 Å². The van der Waals surface area contributed by atoms with Gasteiger partial charge in [0.05, 0.1) is 6.26 Å². The van der Waals surface area contributed by atoms with Gasteiger partial charge in [0, 0.05) is 13.1 Å². The Bertz CT molecular complexity index is 430. The van der Waals surface area contributed by atoms with Crippen molar-refractivity contribution >= 4 is 5.91 Å². The molecule has 0 aliphatic carbocycles. The number of rotatable bonds is 2. The Morgan fingerprint density at radius 2 is 2.28 bits per heavy atom. The Morgan fingerprint density at radius 3 is 2.78 bits per heavy atom. The summed E-state index contributed by atoms with van der Waals surface area (Å²) in [7, 11) is 0. The smallest absolute Gasteiger partial charge is 0.412 e. The average molecular weight is 262 g/mol. The summed E-state index contributed by atoms with van der Waals surface area (Å²) in [5, 5.41) is 0. The molecule has 2 heterocycles. The predicted octanol–water partition coefficient (Wildman–Crippen LogP) is 1.78. The molecule has 1 aromatic heterocycles. The van der Waals surface area contributed by atoms with Crippen LogP contribution in [0.25, 0.3) is 0 Å². The highest BCUT2D eigenvalue weighted by Crippen LogP contribution is 2.43. The van der Waals surface area contributed by atoms with Crippen LogP contribution in [0.3, 0.4) is 0 Å². The van der Waals surface area contributed by atoms with E-state index in [-0.39, 0.29) is 25.1 Å². The van der Waals surface area contributed by atoms with Gasteiger partial charge in [-0.3, -0.25) is 4.79 Å². The minimum Gasteiger partial charge on any atom is -0.459 e. The number of carbonyl (C=O) groups is 1. The van der Waals surface area contributed by atoms with Gasteiger partial charge in [-0.1, -0.05) is 0 Å². The summed E-state index contributed by atoms with van der Waals surface area (Å²) < 4.78 is 44.4. The monoisotopic (exact) mass is 262 g/mol. The van der Waals surface area contributed by atoms with Crippen LogP contribution >= 0.6 is 0 Å². The lowest BCUT2D eigenvalue weighted by atomic mass is 9.95. The molecule has 18 heavy (non-hydrogen) atoms. The molecule has 1 aliphatic heterocycles. The van der Waals surface area contributed by atoms with Gasteiger partial charge in [-0.05, 0) is 25.0 Å². The third kappa shape index (κ3) is 1.78. The largest absolute Gasteiger partial charge is 0.459 e. The van der Waals surface area contributed by atoms with E-state index in [9.17, 15) is 18.0 Å². The summed E-state index contributed by atoms with van der Waals surface area (Å²) in [6.45, 7) is -0.598. The van der Waals surface area contributed by atoms with Crippen LogP contribution in [0, 0.1) is 0 Å². The van der Waals surface area contributed by atoms with Crippen LogP contribution in [-0.4, -0.2) is 35.6 Å². The maximum atomic E-state index is 13.2. The lowest BCUT2D eigenvalue weighted by molar-refractivity contribution is -0.212. The van der Waals surface area contributed by atoms with Crippen molar-refractivity contribution < 1.29 is 22.4 Å². The fourth-order valence-electron chi connectivity index (χ4n) is 2.33. The first kappa shape index (κ1) is 12.9. The molecule has 0 bridgehead atoms. The number of amides is 1. The van der Waals surface area contributed by atoms with Crippen LogP contribution in [0.5, 0.6) is 0 Å². The Kier molecular flexibility index (Phi) is 3.10. The zero-order valence-electron chi connectivity index (χ0n) is 9.54. The van der Waals surface area contributed by atoms with Gasteiger partial charge in [0.15, 0.2) is 11.3 Å². The maximum absolute atomic E-state index is 13.2. The zero-order valence-corrected chi connectivity index (χ0v) is 9.54. The topological polar surface area (TPSA) is 59.5 Å². The molecule has 1 amide bonds. The van der Waals surface area contributed by atoms with Crippen LogP contribution < -0.4 is 5.73 Å². The summed E-state index contributed by atoms with van der Waals surface area (Å²) in [5.74, 6) is -0.862. The molecule has 1 aliphatic rings. The first-order valence-electron chi connectivity index (χ1n) is 5.55. The number of hydrogen-bond acceptors (Lipinski definition) is 3. The number of nitrogens with two attached hydrogens (primary N) is 1. The average Bonchev–Trinajstić information content (AvgIpc) is 2.96. The van der Waals surface area contributed by atoms with Crippen molar-refractivity contribution in [2.24, 2.45) is 5.73 Å². The van der Waals surface area contributed by atoms with E-state index in [4.69, 9.17) is 10.2 Å². The minimum absolute atomic E-state index is 0.0379. The Labute approximate surface area is 102 Å². The van der Waals surface area contributed by atoms with Gasteiger partial charge in [0.25, 0.3) is 5.91 Å². The molecule has 0 aromatic carbocycles. The SMILES string of the molecule is NCC1(C(F)(F)F)CCCN1C(=O)c1ccco1. The second-order valence-corrected chi connectivity index (χ2v) is 4.27. The summed E-state index contributed by atoms with van der Waals surface area (Å²) in [4.78, 5) is 12.8. The molecule has 4 nitrogen and oxygen atoms in total. The molecule has 2 rings (SSSR count). The molecule has 0 radical (unpaired) electrons. The number of alkyl halides is 3. The molecule has 1 unspecified atom stereocenters. The van der Waals surface area contributed by atoms with Crippen LogP contribution in [0.4, 0.5) is 13.2 Å². The second kappa shape index (κ2) is 4.31. The summed E-state index contributed by atoms with van der Waals surface area (Å²) in [6, 6.07) is 2.80. The normalized spacial score (nSPS) is 24.6. The number of halogens is 3. The van der Waals surface area contributed by atoms with E-state index in [1.165, 1.54) is 18.4 Å². The first-order chi connectivity index (χ1) is 8.42. The fraction of sp³-hybridized carbons (Fsp3) is 0.545. The van der Waals surface area contributed by atoms with E-state index in [0.717, 1.165) is 4.90 Å². The quantitative estimate of drug-likeness (QED) is 0.883. The summed E-state index contributed by atoms with van der Waals surface area (Å²) in [6.07, 6.45) is -3.18. The number of hydrogen-bond donors (Lipinski definition) is 1. The van der Waals surface area contributed by atoms with E-state index in [1.807, 2.05) is 0 Å². The van der Waals surface area contributed by atoms with Gasteiger partial charge >= 0.3 is 6.18 Å². The Balaban J connectivity index is 2.35. The molecule has 0 spiro atoms. The van der Waals surface area contributed by atoms with E-state index >= 15 is 0 Å². The van der Waals surface area contributed by atoms with Crippen molar-refractivity contribution in [2.45, 2.75) is 24.6 Å². The summed E-state index contributed by atoms with van der Waals surface area (Å²) in [5.41, 5.74) is 3.03. The molecule has 2 N–H and O–H groups in total. The lowest BCUT2D eigenvalue weighted by Gasteiger charge is -2.38. The number of furan rings is 1. The molecule has 100 valence electrons. The van der Waals surface area contributed by atoms with Crippen molar-refractivity contribution in [1.82, 2.24) is 4.90 Å². The highest BCUT2D eigenvalue weighted by molar-refractivity contribution is 5.92. The van der Waals surface area contributed by atoms with Crippen molar-refractivity contribution in [2.75, 3.05) is 13.1 Å². The van der Waals surface area contributed by atoms with E-state index in [1.54, 1.807) is 0 Å². The second-order valence-electron chi connectivity index (χ2n) is 4.27. The van der Waals surface area contributed by atoms with Crippen LogP contribution in [-0.2, 0) is 0 Å². The number of carbonyl (C=O) groups excluding carboxylic acids is 1. The molecule has 1 atom stereocenters. The number of likely N-dealkylation sites (tertiary alicyclic amines) is 1. The standard InChI is InChI=1S/C11H13F3N2O2/c12-11(13,14)10(7-15)4-2-5-16(10)9(17)8-3-1-6-18-8/h1,3,6H,2,4-5,7,15H2. The Hall–Kier alpha value is -1.50. The first-order valence-corrected chi connectivity index (χ1v) is 5.55. The van der Waals surface area contributed by atoms with Crippen LogP contribution in [0.2, 0.25) is 0 Å². The highest BCUT2D eigenvalue weighted by atomic mass is 19.4. The van der Waals surface area contributed by atoms with Gasteiger partial charge in [-0.25, -0.2) is 0 Å². The van der Waals surface area contributed by atoms with Gasteiger partial charge in [0.1, 0.15) is 0 Å². The third-order valence-electron chi connectivity index (χ3n) is 3.33. The van der Waals surface area contributed by atoms with Gasteiger partial charge in [-0.15, -0.1) is 0 Å². The summed E-state index contributed by atoms with van der Waals surface area (Å²) >= 11 is 0. The molecule has 1 saturated heterocycles. The zero-order chi connectivity index (χ0) is 13.4. The minimum atomic E-state index is -4.54. The van der Waals surface area contributed by atoms with Gasteiger partial charge < -0.3 is 15.1 Å². The van der Waals surface area contributed by atoms with Crippen LogP contribution in [0.15, 0.2) is 22.8 Å². The van der Waals surface area contributed by atoms with E-state index < -0.39 is 24.2 Å². The molecule has 7 heteroatoms. The lowest BCUT2D eigenvalue weighted by Crippen LogP contribution is -2.61. The van der Waals surface area contributed by atoms with Crippen LogP contribution in [0.1, 0.15) is 23.4 Å². The highest BCUT2D eigenvalue weighted by Gasteiger charge is 2.61. The van der Waals surface area contributed by atoms with E-state index in [0.29, 0.717) is 0 Å². The molecule has 1 fully saturated rings. The molecule has 1 aromatic rings. The van der Waals surface area contributed by atoms with Crippen molar-refractivity contribution in [3.8, 4) is 0 Å². The van der Waals surface area contributed by atoms with Crippen molar-refractivity contribution in [3.63, 3.8) is 0 Å². The Morgan fingerprint density at radius 1 is 1.56 bits per heavy atom. The third-order valence-corrected chi connectivity index (χ3v) is 3.33. The fourth-order valence-corrected chi connectivity index (χ4v) is 2.33. The molecular formula is C11H13F3N2O2. The van der Waals surface area contributed by atoms with Crippen molar-refractivity contribution in [3.05, 3.63) is 24.2 Å². The maximum Gasteiger partial charge on any atom is 0.412 e. The van der Waals surface area contributed by atoms with E-state index in [2.05, 4.69) is 0 Å². The molecular weight excluding hydrogens is 249 g/mol.